The van der Waals surface area contributed by atoms with Gasteiger partial charge in [0.25, 0.3) is 0 Å². The molecular formula is C15H24N2O. The summed E-state index contributed by atoms with van der Waals surface area (Å²) in [5.41, 5.74) is 9.74. The van der Waals surface area contributed by atoms with E-state index in [0.717, 1.165) is 18.8 Å². The fourth-order valence-corrected chi connectivity index (χ4v) is 2.79. The Bertz CT molecular complexity index is 396. The summed E-state index contributed by atoms with van der Waals surface area (Å²) >= 11 is 0. The van der Waals surface area contributed by atoms with Gasteiger partial charge in [-0.15, -0.1) is 0 Å². The van der Waals surface area contributed by atoms with Crippen LogP contribution in [0.4, 0.5) is 5.69 Å². The van der Waals surface area contributed by atoms with E-state index >= 15 is 0 Å². The molecule has 0 heterocycles. The fraction of sp³-hybridized carbons (Fsp3) is 0.600. The zero-order valence-corrected chi connectivity index (χ0v) is 11.7. The molecule has 1 aliphatic rings. The maximum absolute atomic E-state index is 5.88. The minimum atomic E-state index is 0.335. The normalized spacial score (nSPS) is 17.1. The van der Waals surface area contributed by atoms with Crippen LogP contribution in [0.5, 0.6) is 5.75 Å². The van der Waals surface area contributed by atoms with E-state index in [4.69, 9.17) is 10.5 Å². The maximum Gasteiger partial charge on any atom is 0.124 e. The van der Waals surface area contributed by atoms with Crippen LogP contribution in [0, 0.1) is 19.3 Å². The summed E-state index contributed by atoms with van der Waals surface area (Å²) in [5, 5.41) is 3.54. The van der Waals surface area contributed by atoms with Gasteiger partial charge in [0.1, 0.15) is 5.75 Å². The Morgan fingerprint density at radius 1 is 1.28 bits per heavy atom. The number of benzene rings is 1. The summed E-state index contributed by atoms with van der Waals surface area (Å²) in [6.07, 6.45) is 3.83. The first-order chi connectivity index (χ1) is 8.60. The molecule has 1 fully saturated rings. The summed E-state index contributed by atoms with van der Waals surface area (Å²) in [4.78, 5) is 0. The molecule has 3 heteroatoms. The van der Waals surface area contributed by atoms with E-state index in [-0.39, 0.29) is 0 Å². The van der Waals surface area contributed by atoms with Crippen LogP contribution in [0.3, 0.4) is 0 Å². The minimum absolute atomic E-state index is 0.335. The molecule has 3 nitrogen and oxygen atoms in total. The molecule has 0 bridgehead atoms. The molecule has 18 heavy (non-hydrogen) atoms. The lowest BCUT2D eigenvalue weighted by atomic mass is 9.69. The molecule has 1 aromatic rings. The lowest BCUT2D eigenvalue weighted by Crippen LogP contribution is -2.42. The molecule has 2 rings (SSSR count). The van der Waals surface area contributed by atoms with Crippen LogP contribution in [0.2, 0.25) is 0 Å². The first kappa shape index (κ1) is 13.2. The number of aryl methyl sites for hydroxylation is 2. The zero-order chi connectivity index (χ0) is 13.2. The summed E-state index contributed by atoms with van der Waals surface area (Å²) in [6.45, 7) is 5.93. The van der Waals surface area contributed by atoms with E-state index in [1.165, 1.54) is 36.1 Å². The molecule has 1 saturated carbocycles. The van der Waals surface area contributed by atoms with Gasteiger partial charge >= 0.3 is 0 Å². The lowest BCUT2D eigenvalue weighted by Gasteiger charge is -2.41. The van der Waals surface area contributed by atoms with Gasteiger partial charge in [-0.25, -0.2) is 0 Å². The van der Waals surface area contributed by atoms with Crippen molar-refractivity contribution in [1.29, 1.82) is 0 Å². The summed E-state index contributed by atoms with van der Waals surface area (Å²) in [5.74, 6) is 0.984. The second-order valence-corrected chi connectivity index (χ2v) is 5.55. The fourth-order valence-electron chi connectivity index (χ4n) is 2.79. The third-order valence-electron chi connectivity index (χ3n) is 4.18. The summed E-state index contributed by atoms with van der Waals surface area (Å²) in [7, 11) is 1.72. The Morgan fingerprint density at radius 3 is 2.28 bits per heavy atom. The van der Waals surface area contributed by atoms with Crippen LogP contribution in [0.1, 0.15) is 30.4 Å². The highest BCUT2D eigenvalue weighted by atomic mass is 16.5. The standard InChI is InChI=1S/C15H24N2O/c1-11-7-13(8-12(2)14(11)18-3)17-10-15(9-16)5-4-6-15/h7-8,17H,4-6,9-10,16H2,1-3H3. The first-order valence-corrected chi connectivity index (χ1v) is 6.69. The molecular weight excluding hydrogens is 224 g/mol. The molecule has 0 saturated heterocycles. The Hall–Kier alpha value is -1.22. The van der Waals surface area contributed by atoms with Gasteiger partial charge < -0.3 is 15.8 Å². The maximum atomic E-state index is 5.88. The summed E-state index contributed by atoms with van der Waals surface area (Å²) in [6, 6.07) is 4.30. The third-order valence-corrected chi connectivity index (χ3v) is 4.18. The van der Waals surface area contributed by atoms with Gasteiger partial charge in [-0.3, -0.25) is 0 Å². The number of hydrogen-bond acceptors (Lipinski definition) is 3. The largest absolute Gasteiger partial charge is 0.496 e. The first-order valence-electron chi connectivity index (χ1n) is 6.69. The van der Waals surface area contributed by atoms with Crippen LogP contribution in [0.15, 0.2) is 12.1 Å². The van der Waals surface area contributed by atoms with Crippen molar-refractivity contribution in [2.24, 2.45) is 11.1 Å². The van der Waals surface area contributed by atoms with Crippen LogP contribution < -0.4 is 15.8 Å². The molecule has 0 aromatic heterocycles. The van der Waals surface area contributed by atoms with E-state index in [0.29, 0.717) is 5.41 Å². The Balaban J connectivity index is 2.06. The van der Waals surface area contributed by atoms with Crippen molar-refractivity contribution in [2.45, 2.75) is 33.1 Å². The molecule has 0 atom stereocenters. The van der Waals surface area contributed by atoms with Crippen molar-refractivity contribution in [1.82, 2.24) is 0 Å². The van der Waals surface area contributed by atoms with Crippen molar-refractivity contribution in [3.63, 3.8) is 0 Å². The molecule has 0 amide bonds. The average Bonchev–Trinajstić information content (AvgIpc) is 2.28. The quantitative estimate of drug-likeness (QED) is 0.842. The molecule has 1 aromatic carbocycles. The minimum Gasteiger partial charge on any atom is -0.496 e. The Kier molecular flexibility index (Phi) is 3.81. The second-order valence-electron chi connectivity index (χ2n) is 5.55. The highest BCUT2D eigenvalue weighted by molar-refractivity contribution is 5.55. The van der Waals surface area contributed by atoms with Crippen molar-refractivity contribution >= 4 is 5.69 Å². The van der Waals surface area contributed by atoms with Gasteiger partial charge in [-0.05, 0) is 61.9 Å². The van der Waals surface area contributed by atoms with E-state index in [1.54, 1.807) is 7.11 Å². The highest BCUT2D eigenvalue weighted by Crippen LogP contribution is 2.40. The molecule has 1 aliphatic carbocycles. The third kappa shape index (κ3) is 2.46. The number of nitrogens with two attached hydrogens (primary N) is 1. The van der Waals surface area contributed by atoms with Gasteiger partial charge in [0, 0.05) is 12.2 Å². The molecule has 0 spiro atoms. The van der Waals surface area contributed by atoms with Crippen molar-refractivity contribution in [2.75, 3.05) is 25.5 Å². The van der Waals surface area contributed by atoms with Crippen molar-refractivity contribution in [3.05, 3.63) is 23.3 Å². The molecule has 0 aliphatic heterocycles. The summed E-state index contributed by atoms with van der Waals surface area (Å²) < 4.78 is 5.38. The molecule has 0 unspecified atom stereocenters. The van der Waals surface area contributed by atoms with Crippen LogP contribution in [-0.2, 0) is 0 Å². The monoisotopic (exact) mass is 248 g/mol. The Morgan fingerprint density at radius 2 is 1.89 bits per heavy atom. The number of anilines is 1. The van der Waals surface area contributed by atoms with E-state index in [1.807, 2.05) is 0 Å². The zero-order valence-electron chi connectivity index (χ0n) is 11.7. The van der Waals surface area contributed by atoms with Gasteiger partial charge in [-0.2, -0.15) is 0 Å². The molecule has 100 valence electrons. The van der Waals surface area contributed by atoms with Gasteiger partial charge in [0.15, 0.2) is 0 Å². The number of methoxy groups -OCH3 is 1. The predicted octanol–water partition coefficient (Wildman–Crippen LogP) is 2.85. The highest BCUT2D eigenvalue weighted by Gasteiger charge is 2.35. The van der Waals surface area contributed by atoms with Crippen LogP contribution in [0.25, 0.3) is 0 Å². The van der Waals surface area contributed by atoms with Crippen molar-refractivity contribution < 1.29 is 4.74 Å². The molecule has 3 N–H and O–H groups in total. The number of hydrogen-bond donors (Lipinski definition) is 2. The SMILES string of the molecule is COc1c(C)cc(NCC2(CN)CCC2)cc1C. The van der Waals surface area contributed by atoms with Crippen LogP contribution >= 0.6 is 0 Å². The van der Waals surface area contributed by atoms with Gasteiger partial charge in [0.2, 0.25) is 0 Å². The topological polar surface area (TPSA) is 47.3 Å². The van der Waals surface area contributed by atoms with Crippen molar-refractivity contribution in [3.8, 4) is 5.75 Å². The second kappa shape index (κ2) is 5.19. The van der Waals surface area contributed by atoms with E-state index in [2.05, 4.69) is 31.3 Å². The Labute approximate surface area is 110 Å². The van der Waals surface area contributed by atoms with Crippen LogP contribution in [-0.4, -0.2) is 20.2 Å². The average molecular weight is 248 g/mol. The lowest BCUT2D eigenvalue weighted by molar-refractivity contribution is 0.163. The molecule has 0 radical (unpaired) electrons. The van der Waals surface area contributed by atoms with Gasteiger partial charge in [-0.1, -0.05) is 6.42 Å². The van der Waals surface area contributed by atoms with E-state index < -0.39 is 0 Å². The number of nitrogens with one attached hydrogen (secondary N) is 1. The van der Waals surface area contributed by atoms with Gasteiger partial charge in [0.05, 0.1) is 7.11 Å². The number of rotatable bonds is 5. The number of ether oxygens (including phenoxy) is 1. The predicted molar refractivity (Wildman–Crippen MR) is 76.3 cm³/mol. The smallest absolute Gasteiger partial charge is 0.124 e. The van der Waals surface area contributed by atoms with E-state index in [9.17, 15) is 0 Å².